The minimum atomic E-state index is -0.464. The van der Waals surface area contributed by atoms with Crippen LogP contribution in [0.25, 0.3) is 5.57 Å². The van der Waals surface area contributed by atoms with Gasteiger partial charge < -0.3 is 14.2 Å². The number of methoxy groups -OCH3 is 1. The molecule has 0 aromatic heterocycles. The Labute approximate surface area is 188 Å². The van der Waals surface area contributed by atoms with E-state index in [9.17, 15) is 13.6 Å². The SMILES string of the molecule is COC(=O)C1CCC[C@@]2(C=C(c3cc(F)ccc3OC(C)C)CO2)C1.Fc1ccccc1. The monoisotopic (exact) mass is 444 g/mol. The summed E-state index contributed by atoms with van der Waals surface area (Å²) < 4.78 is 42.5. The lowest BCUT2D eigenvalue weighted by Gasteiger charge is -2.34. The molecular weight excluding hydrogens is 414 g/mol. The van der Waals surface area contributed by atoms with E-state index in [0.29, 0.717) is 18.8 Å². The number of carbonyl (C=O) groups excluding carboxylic acids is 1. The summed E-state index contributed by atoms with van der Waals surface area (Å²) in [5.74, 6) is -0.150. The van der Waals surface area contributed by atoms with Gasteiger partial charge in [0.05, 0.1) is 31.3 Å². The van der Waals surface area contributed by atoms with Crippen LogP contribution in [0.2, 0.25) is 0 Å². The quantitative estimate of drug-likeness (QED) is 0.547. The van der Waals surface area contributed by atoms with Gasteiger partial charge >= 0.3 is 5.97 Å². The van der Waals surface area contributed by atoms with Crippen LogP contribution in [-0.2, 0) is 14.3 Å². The van der Waals surface area contributed by atoms with Crippen molar-refractivity contribution in [1.29, 1.82) is 0 Å². The van der Waals surface area contributed by atoms with Crippen molar-refractivity contribution >= 4 is 11.5 Å². The number of ether oxygens (including phenoxy) is 3. The molecule has 6 heteroatoms. The zero-order valence-corrected chi connectivity index (χ0v) is 18.8. The van der Waals surface area contributed by atoms with Crippen LogP contribution in [0.1, 0.15) is 45.1 Å². The lowest BCUT2D eigenvalue weighted by molar-refractivity contribution is -0.149. The number of hydrogen-bond acceptors (Lipinski definition) is 4. The van der Waals surface area contributed by atoms with Crippen LogP contribution in [0.5, 0.6) is 5.75 Å². The van der Waals surface area contributed by atoms with Gasteiger partial charge in [0.2, 0.25) is 0 Å². The van der Waals surface area contributed by atoms with Gasteiger partial charge in [-0.3, -0.25) is 4.79 Å². The van der Waals surface area contributed by atoms with E-state index < -0.39 is 5.60 Å². The Morgan fingerprint density at radius 2 is 1.88 bits per heavy atom. The van der Waals surface area contributed by atoms with Gasteiger partial charge in [0.15, 0.2) is 0 Å². The van der Waals surface area contributed by atoms with E-state index in [1.54, 1.807) is 24.3 Å². The maximum Gasteiger partial charge on any atom is 0.308 e. The Kier molecular flexibility index (Phi) is 8.02. The highest BCUT2D eigenvalue weighted by Crippen LogP contribution is 2.44. The molecule has 172 valence electrons. The van der Waals surface area contributed by atoms with E-state index in [2.05, 4.69) is 6.08 Å². The number of hydrogen-bond donors (Lipinski definition) is 0. The first kappa shape index (κ1) is 23.9. The van der Waals surface area contributed by atoms with Crippen molar-refractivity contribution < 1.29 is 27.8 Å². The molecule has 0 bridgehead atoms. The van der Waals surface area contributed by atoms with E-state index in [1.807, 2.05) is 13.8 Å². The summed E-state index contributed by atoms with van der Waals surface area (Å²) in [6, 6.07) is 12.5. The van der Waals surface area contributed by atoms with Crippen molar-refractivity contribution in [3.63, 3.8) is 0 Å². The van der Waals surface area contributed by atoms with Crippen LogP contribution in [-0.4, -0.2) is 31.4 Å². The third-order valence-electron chi connectivity index (χ3n) is 5.61. The first-order valence-electron chi connectivity index (χ1n) is 10.9. The number of rotatable bonds is 4. The zero-order valence-electron chi connectivity index (χ0n) is 18.8. The van der Waals surface area contributed by atoms with Gasteiger partial charge in [-0.2, -0.15) is 0 Å². The minimum Gasteiger partial charge on any atom is -0.490 e. The Bertz CT molecular complexity index is 942. The van der Waals surface area contributed by atoms with E-state index in [1.165, 1.54) is 31.4 Å². The molecule has 2 atom stereocenters. The molecule has 1 spiro atoms. The summed E-state index contributed by atoms with van der Waals surface area (Å²) in [6.45, 7) is 4.28. The fourth-order valence-corrected chi connectivity index (χ4v) is 4.20. The summed E-state index contributed by atoms with van der Waals surface area (Å²) >= 11 is 0. The smallest absolute Gasteiger partial charge is 0.308 e. The first-order chi connectivity index (χ1) is 15.3. The molecule has 4 rings (SSSR count). The average Bonchev–Trinajstić information content (AvgIpc) is 3.18. The van der Waals surface area contributed by atoms with Crippen LogP contribution >= 0.6 is 0 Å². The lowest BCUT2D eigenvalue weighted by atomic mass is 9.77. The predicted octanol–water partition coefficient (Wildman–Crippen LogP) is 5.95. The molecule has 2 aromatic carbocycles. The van der Waals surface area contributed by atoms with Crippen molar-refractivity contribution in [2.45, 2.75) is 51.2 Å². The van der Waals surface area contributed by atoms with Crippen LogP contribution < -0.4 is 4.74 Å². The summed E-state index contributed by atoms with van der Waals surface area (Å²) in [6.07, 6.45) is 5.26. The predicted molar refractivity (Wildman–Crippen MR) is 119 cm³/mol. The summed E-state index contributed by atoms with van der Waals surface area (Å²) in [7, 11) is 1.42. The molecule has 1 fully saturated rings. The summed E-state index contributed by atoms with van der Waals surface area (Å²) in [4.78, 5) is 11.9. The Hall–Kier alpha value is -2.73. The Balaban J connectivity index is 0.000000352. The first-order valence-corrected chi connectivity index (χ1v) is 10.9. The Morgan fingerprint density at radius 3 is 2.50 bits per heavy atom. The van der Waals surface area contributed by atoms with E-state index >= 15 is 0 Å². The second-order valence-electron chi connectivity index (χ2n) is 8.44. The fourth-order valence-electron chi connectivity index (χ4n) is 4.20. The Morgan fingerprint density at radius 1 is 1.12 bits per heavy atom. The van der Waals surface area contributed by atoms with Gasteiger partial charge in [0.1, 0.15) is 17.4 Å². The fraction of sp³-hybridized carbons (Fsp3) is 0.423. The number of halogens is 2. The third kappa shape index (κ3) is 6.16. The molecule has 1 unspecified atom stereocenters. The highest BCUT2D eigenvalue weighted by Gasteiger charge is 2.42. The van der Waals surface area contributed by atoms with E-state index in [4.69, 9.17) is 14.2 Å². The van der Waals surface area contributed by atoms with Crippen LogP contribution in [0, 0.1) is 17.6 Å². The van der Waals surface area contributed by atoms with Gasteiger partial charge in [0, 0.05) is 5.56 Å². The van der Waals surface area contributed by atoms with Crippen molar-refractivity contribution in [1.82, 2.24) is 0 Å². The van der Waals surface area contributed by atoms with Gasteiger partial charge in [-0.05, 0) is 81.5 Å². The van der Waals surface area contributed by atoms with Gasteiger partial charge in [-0.15, -0.1) is 0 Å². The molecule has 0 saturated heterocycles. The molecule has 0 radical (unpaired) electrons. The molecule has 1 heterocycles. The lowest BCUT2D eigenvalue weighted by Crippen LogP contribution is -2.37. The normalized spacial score (nSPS) is 22.2. The number of esters is 1. The summed E-state index contributed by atoms with van der Waals surface area (Å²) in [5, 5.41) is 0. The molecule has 0 N–H and O–H groups in total. The number of carbonyl (C=O) groups is 1. The molecule has 1 saturated carbocycles. The van der Waals surface area contributed by atoms with Gasteiger partial charge in [-0.1, -0.05) is 18.2 Å². The molecule has 32 heavy (non-hydrogen) atoms. The average molecular weight is 445 g/mol. The molecule has 4 nitrogen and oxygen atoms in total. The topological polar surface area (TPSA) is 44.8 Å². The second kappa shape index (κ2) is 10.7. The highest BCUT2D eigenvalue weighted by molar-refractivity contribution is 5.75. The standard InChI is InChI=1S/C20H25FO4.C6H5F/c1-13(2)25-18-7-6-16(21)9-17(18)15-11-20(24-12-15)8-4-5-14(10-20)19(22)23-3;7-6-4-2-1-3-5-6/h6-7,9,11,13-14H,4-5,8,10,12H2,1-3H3;1-5H/t14?,20-;/m0./s1. The number of benzene rings is 2. The van der Waals surface area contributed by atoms with Crippen molar-refractivity contribution in [3.8, 4) is 5.75 Å². The second-order valence-corrected chi connectivity index (χ2v) is 8.44. The maximum atomic E-state index is 13.8. The highest BCUT2D eigenvalue weighted by atomic mass is 19.1. The third-order valence-corrected chi connectivity index (χ3v) is 5.61. The van der Waals surface area contributed by atoms with E-state index in [0.717, 1.165) is 30.4 Å². The van der Waals surface area contributed by atoms with Crippen molar-refractivity contribution in [2.24, 2.45) is 5.92 Å². The van der Waals surface area contributed by atoms with Gasteiger partial charge in [0.25, 0.3) is 0 Å². The molecule has 0 amide bonds. The van der Waals surface area contributed by atoms with Crippen LogP contribution in [0.3, 0.4) is 0 Å². The molecule has 2 aromatic rings. The molecule has 2 aliphatic rings. The molecular formula is C26H30F2O4. The maximum absolute atomic E-state index is 13.8. The van der Waals surface area contributed by atoms with Crippen LogP contribution in [0.15, 0.2) is 54.6 Å². The molecule has 1 aliphatic carbocycles. The van der Waals surface area contributed by atoms with E-state index in [-0.39, 0.29) is 29.6 Å². The van der Waals surface area contributed by atoms with Crippen LogP contribution in [0.4, 0.5) is 8.78 Å². The van der Waals surface area contributed by atoms with Gasteiger partial charge in [-0.25, -0.2) is 8.78 Å². The van der Waals surface area contributed by atoms with Crippen molar-refractivity contribution in [3.05, 3.63) is 71.8 Å². The summed E-state index contributed by atoms with van der Waals surface area (Å²) in [5.41, 5.74) is 1.18. The zero-order chi connectivity index (χ0) is 23.1. The molecule has 1 aliphatic heterocycles. The van der Waals surface area contributed by atoms with Crippen molar-refractivity contribution in [2.75, 3.05) is 13.7 Å². The minimum absolute atomic E-state index is 0.000483. The largest absolute Gasteiger partial charge is 0.490 e.